The number of rotatable bonds is 20. The third-order valence-electron chi connectivity index (χ3n) is 6.44. The fraction of sp³-hybridized carbons (Fsp3) is 0.636. The van der Waals surface area contributed by atoms with Crippen molar-refractivity contribution in [2.75, 3.05) is 53.2 Å². The number of aliphatic hydroxyl groups excluding tert-OH is 2. The van der Waals surface area contributed by atoms with Crippen LogP contribution in [0.3, 0.4) is 0 Å². The summed E-state index contributed by atoms with van der Waals surface area (Å²) in [6.07, 6.45) is 3.54. The molecule has 0 aliphatic heterocycles. The van der Waals surface area contributed by atoms with Crippen LogP contribution in [-0.4, -0.2) is 87.7 Å². The van der Waals surface area contributed by atoms with Crippen LogP contribution < -0.4 is 20.1 Å². The monoisotopic (exact) mass is 574 g/mol. The minimum Gasteiger partial charge on any atom is -0.491 e. The van der Waals surface area contributed by atoms with Gasteiger partial charge in [0.05, 0.1) is 13.2 Å². The zero-order valence-corrected chi connectivity index (χ0v) is 25.8. The second kappa shape index (κ2) is 20.6. The fourth-order valence-electron chi connectivity index (χ4n) is 3.70. The van der Waals surface area contributed by atoms with Crippen LogP contribution in [0.15, 0.2) is 48.5 Å². The molecule has 0 amide bonds. The van der Waals surface area contributed by atoms with Crippen molar-refractivity contribution in [2.24, 2.45) is 5.92 Å². The van der Waals surface area contributed by atoms with Crippen LogP contribution >= 0.6 is 0 Å². The molecule has 0 radical (unpaired) electrons. The molecular weight excluding hydrogens is 520 g/mol. The third kappa shape index (κ3) is 18.1. The van der Waals surface area contributed by atoms with Gasteiger partial charge < -0.3 is 39.8 Å². The lowest BCUT2D eigenvalue weighted by Gasteiger charge is -2.15. The van der Waals surface area contributed by atoms with Gasteiger partial charge in [-0.25, -0.2) is 0 Å². The van der Waals surface area contributed by atoms with Crippen LogP contribution in [0.25, 0.3) is 0 Å². The Morgan fingerprint density at radius 2 is 1.15 bits per heavy atom. The lowest BCUT2D eigenvalue weighted by Crippen LogP contribution is -2.35. The standard InChI is InChI=1S/C18H29NO3.C15H25NO3/c1-14(2)19-11-17(20)13-22-18-7-5-15(6-8-18)9-10-21-12-16-3-4-16;1-12(2)16-10-14(17)11-19-15-6-4-13(5-7-15)8-9-18-3/h5-8,14,16-17,19-20H,3-4,9-13H2,1-2H3;4-7,12,14,16-17H,8-11H2,1-3H3. The summed E-state index contributed by atoms with van der Waals surface area (Å²) >= 11 is 0. The first-order valence-electron chi connectivity index (χ1n) is 15.1. The number of ether oxygens (including phenoxy) is 4. The molecule has 2 unspecified atom stereocenters. The molecule has 1 aliphatic carbocycles. The van der Waals surface area contributed by atoms with Gasteiger partial charge in [0.25, 0.3) is 0 Å². The van der Waals surface area contributed by atoms with E-state index >= 15 is 0 Å². The summed E-state index contributed by atoms with van der Waals surface area (Å²) in [5, 5.41) is 25.9. The van der Waals surface area contributed by atoms with Gasteiger partial charge in [-0.3, -0.25) is 0 Å². The molecule has 0 aromatic heterocycles. The Hall–Kier alpha value is -2.20. The van der Waals surface area contributed by atoms with Gasteiger partial charge in [0.1, 0.15) is 36.9 Å². The average Bonchev–Trinajstić information content (AvgIpc) is 3.80. The Bertz CT molecular complexity index is 903. The first-order valence-corrected chi connectivity index (χ1v) is 15.1. The van der Waals surface area contributed by atoms with E-state index in [4.69, 9.17) is 18.9 Å². The molecule has 232 valence electrons. The fourth-order valence-corrected chi connectivity index (χ4v) is 3.70. The van der Waals surface area contributed by atoms with Gasteiger partial charge in [0.15, 0.2) is 0 Å². The van der Waals surface area contributed by atoms with Crippen molar-refractivity contribution < 1.29 is 29.2 Å². The predicted octanol–water partition coefficient (Wildman–Crippen LogP) is 4.01. The molecule has 1 saturated carbocycles. The third-order valence-corrected chi connectivity index (χ3v) is 6.44. The number of methoxy groups -OCH3 is 1. The summed E-state index contributed by atoms with van der Waals surface area (Å²) in [4.78, 5) is 0. The van der Waals surface area contributed by atoms with Gasteiger partial charge in [-0.05, 0) is 67.0 Å². The molecule has 1 fully saturated rings. The van der Waals surface area contributed by atoms with Crippen LogP contribution in [-0.2, 0) is 22.3 Å². The first kappa shape index (κ1) is 35.0. The largest absolute Gasteiger partial charge is 0.491 e. The Morgan fingerprint density at radius 1 is 0.707 bits per heavy atom. The summed E-state index contributed by atoms with van der Waals surface area (Å²) in [7, 11) is 1.70. The van der Waals surface area contributed by atoms with Gasteiger partial charge in [-0.2, -0.15) is 0 Å². The topological polar surface area (TPSA) is 101 Å². The smallest absolute Gasteiger partial charge is 0.119 e. The maximum atomic E-state index is 9.80. The van der Waals surface area contributed by atoms with Gasteiger partial charge in [0.2, 0.25) is 0 Å². The summed E-state index contributed by atoms with van der Waals surface area (Å²) in [5.41, 5.74) is 2.47. The molecule has 0 bridgehead atoms. The van der Waals surface area contributed by atoms with E-state index in [1.54, 1.807) is 7.11 Å². The van der Waals surface area contributed by atoms with Crippen LogP contribution in [0.5, 0.6) is 11.5 Å². The lowest BCUT2D eigenvalue weighted by atomic mass is 10.1. The van der Waals surface area contributed by atoms with Crippen molar-refractivity contribution in [1.29, 1.82) is 0 Å². The number of benzene rings is 2. The number of aliphatic hydroxyl groups is 2. The van der Waals surface area contributed by atoms with Gasteiger partial charge >= 0.3 is 0 Å². The maximum absolute atomic E-state index is 9.80. The molecule has 0 spiro atoms. The van der Waals surface area contributed by atoms with Crippen molar-refractivity contribution in [3.63, 3.8) is 0 Å². The van der Waals surface area contributed by atoms with Crippen LogP contribution in [0.1, 0.15) is 51.7 Å². The van der Waals surface area contributed by atoms with Crippen molar-refractivity contribution >= 4 is 0 Å². The molecule has 0 heterocycles. The highest BCUT2D eigenvalue weighted by atomic mass is 16.5. The summed E-state index contributed by atoms with van der Waals surface area (Å²) in [6.45, 7) is 12.3. The molecule has 41 heavy (non-hydrogen) atoms. The molecule has 2 aromatic carbocycles. The minimum absolute atomic E-state index is 0.303. The van der Waals surface area contributed by atoms with Crippen LogP contribution in [0.4, 0.5) is 0 Å². The van der Waals surface area contributed by atoms with Gasteiger partial charge in [0, 0.05) is 38.9 Å². The summed E-state index contributed by atoms with van der Waals surface area (Å²) < 4.78 is 21.8. The predicted molar refractivity (Wildman–Crippen MR) is 165 cm³/mol. The summed E-state index contributed by atoms with van der Waals surface area (Å²) in [6, 6.07) is 16.7. The van der Waals surface area contributed by atoms with Crippen molar-refractivity contribution in [3.05, 3.63) is 59.7 Å². The molecular formula is C33H54N2O6. The van der Waals surface area contributed by atoms with E-state index < -0.39 is 12.2 Å². The van der Waals surface area contributed by atoms with E-state index in [2.05, 4.69) is 36.6 Å². The Balaban J connectivity index is 0.000000290. The molecule has 8 nitrogen and oxygen atoms in total. The molecule has 1 aliphatic rings. The second-order valence-electron chi connectivity index (χ2n) is 11.4. The first-order chi connectivity index (χ1) is 19.7. The second-order valence-corrected chi connectivity index (χ2v) is 11.4. The van der Waals surface area contributed by atoms with Crippen LogP contribution in [0.2, 0.25) is 0 Å². The number of hydrogen-bond donors (Lipinski definition) is 4. The van der Waals surface area contributed by atoms with E-state index in [9.17, 15) is 10.2 Å². The molecule has 2 aromatic rings. The molecule has 8 heteroatoms. The molecule has 3 rings (SSSR count). The van der Waals surface area contributed by atoms with Crippen molar-refractivity contribution in [3.8, 4) is 11.5 Å². The number of hydrogen-bond acceptors (Lipinski definition) is 8. The normalized spacial score (nSPS) is 14.5. The maximum Gasteiger partial charge on any atom is 0.119 e. The zero-order chi connectivity index (χ0) is 29.9. The highest BCUT2D eigenvalue weighted by molar-refractivity contribution is 5.28. The molecule has 4 N–H and O–H groups in total. The highest BCUT2D eigenvalue weighted by Gasteiger charge is 2.20. The van der Waals surface area contributed by atoms with E-state index in [1.165, 1.54) is 24.0 Å². The zero-order valence-electron chi connectivity index (χ0n) is 25.8. The average molecular weight is 575 g/mol. The molecule has 2 atom stereocenters. The van der Waals surface area contributed by atoms with E-state index in [0.29, 0.717) is 38.4 Å². The Morgan fingerprint density at radius 3 is 1.54 bits per heavy atom. The van der Waals surface area contributed by atoms with Crippen molar-refractivity contribution in [2.45, 2.75) is 77.7 Å². The Kier molecular flexibility index (Phi) is 17.6. The van der Waals surface area contributed by atoms with E-state index in [0.717, 1.165) is 50.1 Å². The SMILES string of the molecule is CC(C)NCC(O)COc1ccc(CCOCC2CC2)cc1.COCCc1ccc(OCC(O)CNC(C)C)cc1. The van der Waals surface area contributed by atoms with E-state index in [-0.39, 0.29) is 0 Å². The highest BCUT2D eigenvalue weighted by Crippen LogP contribution is 2.28. The minimum atomic E-state index is -0.490. The lowest BCUT2D eigenvalue weighted by molar-refractivity contribution is 0.104. The summed E-state index contributed by atoms with van der Waals surface area (Å²) in [5.74, 6) is 2.41. The number of nitrogens with one attached hydrogen (secondary N) is 2. The van der Waals surface area contributed by atoms with Gasteiger partial charge in [-0.15, -0.1) is 0 Å². The quantitative estimate of drug-likeness (QED) is 0.176. The van der Waals surface area contributed by atoms with Crippen LogP contribution in [0, 0.1) is 5.92 Å². The molecule has 0 saturated heterocycles. The van der Waals surface area contributed by atoms with Crippen molar-refractivity contribution in [1.82, 2.24) is 10.6 Å². The van der Waals surface area contributed by atoms with E-state index in [1.807, 2.05) is 50.2 Å². The Labute approximate surface area is 247 Å². The van der Waals surface area contributed by atoms with Gasteiger partial charge in [-0.1, -0.05) is 52.0 Å².